The predicted molar refractivity (Wildman–Crippen MR) is 82.6 cm³/mol. The van der Waals surface area contributed by atoms with E-state index in [0.717, 1.165) is 40.9 Å². The van der Waals surface area contributed by atoms with Gasteiger partial charge in [0.05, 0.1) is 11.4 Å². The second kappa shape index (κ2) is 5.77. The van der Waals surface area contributed by atoms with Crippen molar-refractivity contribution in [1.29, 1.82) is 0 Å². The van der Waals surface area contributed by atoms with Gasteiger partial charge in [0.25, 0.3) is 0 Å². The Kier molecular flexibility index (Phi) is 4.31. The summed E-state index contributed by atoms with van der Waals surface area (Å²) in [6.07, 6.45) is 1.79. The highest BCUT2D eigenvalue weighted by atomic mass is 127. The number of carbonyl (C=O) groups excluding carboxylic acids is 1. The second-order valence-electron chi connectivity index (χ2n) is 4.58. The van der Waals surface area contributed by atoms with Crippen molar-refractivity contribution in [2.75, 3.05) is 30.8 Å². The van der Waals surface area contributed by atoms with Gasteiger partial charge in [0, 0.05) is 29.6 Å². The highest BCUT2D eigenvalue weighted by molar-refractivity contribution is 14.1. The Labute approximate surface area is 121 Å². The number of nitrogens with one attached hydrogen (secondary N) is 1. The van der Waals surface area contributed by atoms with Crippen molar-refractivity contribution in [2.45, 2.75) is 12.8 Å². The van der Waals surface area contributed by atoms with E-state index in [-0.39, 0.29) is 11.8 Å². The molecule has 1 fully saturated rings. The minimum Gasteiger partial charge on any atom is -0.397 e. The minimum atomic E-state index is 0.149. The molecule has 0 saturated carbocycles. The van der Waals surface area contributed by atoms with E-state index in [2.05, 4.69) is 44.9 Å². The first-order valence-electron chi connectivity index (χ1n) is 6.13. The normalized spacial score (nSPS) is 16.7. The summed E-state index contributed by atoms with van der Waals surface area (Å²) in [6.45, 7) is 1.78. The molecular weight excluding hydrogens is 341 g/mol. The number of carbonyl (C=O) groups is 1. The van der Waals surface area contributed by atoms with Crippen LogP contribution in [0.15, 0.2) is 18.2 Å². The van der Waals surface area contributed by atoms with Gasteiger partial charge in [0.15, 0.2) is 0 Å². The van der Waals surface area contributed by atoms with Crippen molar-refractivity contribution in [3.05, 3.63) is 21.8 Å². The maximum absolute atomic E-state index is 11.6. The fourth-order valence-electron chi connectivity index (χ4n) is 2.40. The quantitative estimate of drug-likeness (QED) is 0.626. The lowest BCUT2D eigenvalue weighted by Crippen LogP contribution is -2.39. The van der Waals surface area contributed by atoms with Crippen LogP contribution in [0, 0.1) is 9.49 Å². The van der Waals surface area contributed by atoms with Gasteiger partial charge in [-0.05, 0) is 53.6 Å². The summed E-state index contributed by atoms with van der Waals surface area (Å²) in [5.74, 6) is 0.307. The van der Waals surface area contributed by atoms with Crippen LogP contribution in [-0.4, -0.2) is 26.0 Å². The van der Waals surface area contributed by atoms with Gasteiger partial charge < -0.3 is 16.0 Å². The van der Waals surface area contributed by atoms with Crippen LogP contribution in [0.4, 0.5) is 11.4 Å². The van der Waals surface area contributed by atoms with Gasteiger partial charge in [-0.2, -0.15) is 0 Å². The highest BCUT2D eigenvalue weighted by Gasteiger charge is 2.24. The number of hydrogen-bond acceptors (Lipinski definition) is 3. The molecule has 1 saturated heterocycles. The Hall–Kier alpha value is -0.980. The Morgan fingerprint density at radius 1 is 1.44 bits per heavy atom. The average molecular weight is 359 g/mol. The third-order valence-corrected chi connectivity index (χ3v) is 4.11. The molecule has 1 amide bonds. The smallest absolute Gasteiger partial charge is 0.222 e. The molecule has 5 heteroatoms. The number of nitrogen functional groups attached to an aromatic ring is 1. The van der Waals surface area contributed by atoms with E-state index in [1.54, 1.807) is 7.05 Å². The fourth-order valence-corrected chi connectivity index (χ4v) is 2.92. The van der Waals surface area contributed by atoms with Gasteiger partial charge in [-0.25, -0.2) is 0 Å². The van der Waals surface area contributed by atoms with Crippen LogP contribution >= 0.6 is 22.6 Å². The zero-order valence-corrected chi connectivity index (χ0v) is 12.6. The maximum Gasteiger partial charge on any atom is 0.222 e. The summed E-state index contributed by atoms with van der Waals surface area (Å²) < 4.78 is 1.15. The van der Waals surface area contributed by atoms with Crippen LogP contribution in [0.1, 0.15) is 12.8 Å². The van der Waals surface area contributed by atoms with E-state index in [9.17, 15) is 4.79 Å². The molecule has 0 aliphatic carbocycles. The lowest BCUT2D eigenvalue weighted by Gasteiger charge is -2.33. The third-order valence-electron chi connectivity index (χ3n) is 3.44. The molecular formula is C13H18IN3O. The molecule has 1 aromatic carbocycles. The largest absolute Gasteiger partial charge is 0.397 e. The first-order valence-corrected chi connectivity index (χ1v) is 7.21. The number of nitrogens with zero attached hydrogens (tertiary/aromatic N) is 1. The zero-order valence-electron chi connectivity index (χ0n) is 10.4. The molecule has 18 heavy (non-hydrogen) atoms. The Morgan fingerprint density at radius 3 is 2.67 bits per heavy atom. The molecule has 0 spiro atoms. The number of anilines is 2. The van der Waals surface area contributed by atoms with E-state index in [1.807, 2.05) is 6.07 Å². The molecule has 0 radical (unpaired) electrons. The van der Waals surface area contributed by atoms with Crippen molar-refractivity contribution in [3.63, 3.8) is 0 Å². The summed E-state index contributed by atoms with van der Waals surface area (Å²) in [5, 5.41) is 2.72. The molecule has 0 unspecified atom stereocenters. The molecule has 98 valence electrons. The van der Waals surface area contributed by atoms with Crippen molar-refractivity contribution in [2.24, 2.45) is 5.92 Å². The number of piperidine rings is 1. The lowest BCUT2D eigenvalue weighted by molar-refractivity contribution is -0.125. The summed E-state index contributed by atoms with van der Waals surface area (Å²) in [4.78, 5) is 13.8. The molecule has 1 heterocycles. The van der Waals surface area contributed by atoms with E-state index in [0.29, 0.717) is 0 Å². The number of amides is 1. The van der Waals surface area contributed by atoms with Crippen LogP contribution in [-0.2, 0) is 4.79 Å². The summed E-state index contributed by atoms with van der Waals surface area (Å²) >= 11 is 2.26. The van der Waals surface area contributed by atoms with Crippen LogP contribution in [0.2, 0.25) is 0 Å². The molecule has 1 aliphatic heterocycles. The number of rotatable bonds is 2. The molecule has 1 aromatic rings. The Balaban J connectivity index is 2.03. The van der Waals surface area contributed by atoms with E-state index >= 15 is 0 Å². The molecule has 1 aliphatic rings. The molecule has 3 N–H and O–H groups in total. The lowest BCUT2D eigenvalue weighted by atomic mass is 9.95. The third kappa shape index (κ3) is 2.88. The average Bonchev–Trinajstić information content (AvgIpc) is 2.38. The fraction of sp³-hybridized carbons (Fsp3) is 0.462. The van der Waals surface area contributed by atoms with Gasteiger partial charge in [0.1, 0.15) is 0 Å². The van der Waals surface area contributed by atoms with E-state index in [4.69, 9.17) is 5.73 Å². The topological polar surface area (TPSA) is 58.4 Å². The summed E-state index contributed by atoms with van der Waals surface area (Å²) in [7, 11) is 1.70. The second-order valence-corrected chi connectivity index (χ2v) is 5.82. The van der Waals surface area contributed by atoms with E-state index in [1.165, 1.54) is 0 Å². The van der Waals surface area contributed by atoms with Gasteiger partial charge in [-0.3, -0.25) is 4.79 Å². The number of halogens is 1. The predicted octanol–water partition coefficient (Wildman–Crippen LogP) is 1.84. The van der Waals surface area contributed by atoms with Crippen LogP contribution in [0.25, 0.3) is 0 Å². The Bertz CT molecular complexity index is 442. The number of hydrogen-bond donors (Lipinski definition) is 2. The number of benzene rings is 1. The van der Waals surface area contributed by atoms with Gasteiger partial charge in [0.2, 0.25) is 5.91 Å². The van der Waals surface area contributed by atoms with Crippen molar-refractivity contribution >= 4 is 39.9 Å². The Morgan fingerprint density at radius 2 is 2.11 bits per heavy atom. The molecule has 0 bridgehead atoms. The van der Waals surface area contributed by atoms with Crippen molar-refractivity contribution in [1.82, 2.24) is 5.32 Å². The van der Waals surface area contributed by atoms with Crippen LogP contribution in [0.3, 0.4) is 0 Å². The summed E-state index contributed by atoms with van der Waals surface area (Å²) in [5.41, 5.74) is 7.96. The zero-order chi connectivity index (χ0) is 13.1. The van der Waals surface area contributed by atoms with Gasteiger partial charge in [-0.15, -0.1) is 0 Å². The maximum atomic E-state index is 11.6. The molecule has 4 nitrogen and oxygen atoms in total. The van der Waals surface area contributed by atoms with Crippen LogP contribution < -0.4 is 16.0 Å². The molecule has 2 rings (SSSR count). The number of nitrogens with two attached hydrogens (primary N) is 1. The first kappa shape index (κ1) is 13.5. The van der Waals surface area contributed by atoms with Crippen molar-refractivity contribution < 1.29 is 4.79 Å². The monoisotopic (exact) mass is 359 g/mol. The molecule has 0 aromatic heterocycles. The minimum absolute atomic E-state index is 0.149. The van der Waals surface area contributed by atoms with Gasteiger partial charge in [-0.1, -0.05) is 0 Å². The van der Waals surface area contributed by atoms with Crippen LogP contribution in [0.5, 0.6) is 0 Å². The van der Waals surface area contributed by atoms with E-state index < -0.39 is 0 Å². The highest BCUT2D eigenvalue weighted by Crippen LogP contribution is 2.29. The van der Waals surface area contributed by atoms with Gasteiger partial charge >= 0.3 is 0 Å². The van der Waals surface area contributed by atoms with Crippen molar-refractivity contribution in [3.8, 4) is 0 Å². The summed E-state index contributed by atoms with van der Waals surface area (Å²) in [6, 6.07) is 6.12. The SMILES string of the molecule is CNC(=O)C1CCN(c2ccc(I)cc2N)CC1. The molecule has 0 atom stereocenters. The first-order chi connectivity index (χ1) is 8.61. The standard InChI is InChI=1S/C13H18IN3O/c1-16-13(18)9-4-6-17(7-5-9)12-3-2-10(14)8-11(12)15/h2-3,8-9H,4-7,15H2,1H3,(H,16,18).